The van der Waals surface area contributed by atoms with Gasteiger partial charge in [-0.25, -0.2) is 4.98 Å². The molecule has 3 heterocycles. The maximum Gasteiger partial charge on any atom is 0.274 e. The van der Waals surface area contributed by atoms with Gasteiger partial charge in [-0.3, -0.25) is 14.8 Å². The van der Waals surface area contributed by atoms with Crippen molar-refractivity contribution in [3.8, 4) is 11.4 Å². The van der Waals surface area contributed by atoms with Gasteiger partial charge in [0.15, 0.2) is 5.82 Å². The zero-order chi connectivity index (χ0) is 16.5. The molecule has 0 bridgehead atoms. The number of alkyl halides is 1. The van der Waals surface area contributed by atoms with Crippen molar-refractivity contribution >= 4 is 17.4 Å². The lowest BCUT2D eigenvalue weighted by Crippen LogP contribution is -2.34. The number of halogens is 1. The summed E-state index contributed by atoms with van der Waals surface area (Å²) in [6.45, 7) is 2.53. The van der Waals surface area contributed by atoms with E-state index < -0.39 is 0 Å². The first-order valence-corrected chi connectivity index (χ1v) is 8.53. The molecule has 1 aromatic carbocycles. The maximum absolute atomic E-state index is 12.4. The number of benzene rings is 1. The Hall–Kier alpha value is -2.18. The van der Waals surface area contributed by atoms with E-state index in [0.717, 1.165) is 37.2 Å². The molecule has 1 aliphatic heterocycles. The number of nitrogens with one attached hydrogen (secondary N) is 1. The maximum atomic E-state index is 12.4. The highest BCUT2D eigenvalue weighted by atomic mass is 35.5. The first-order valence-electron chi connectivity index (χ1n) is 8.09. The molecular formula is C17H18ClN5O. The van der Waals surface area contributed by atoms with E-state index in [4.69, 9.17) is 11.6 Å². The van der Waals surface area contributed by atoms with E-state index in [0.29, 0.717) is 18.1 Å². The standard InChI is InChI=1S/C17H18ClN5O/c18-13-6-8-22(9-7-13)11-14-10-15(24)23-17(19-14)20-16(21-23)12-4-2-1-3-5-12/h1-5,10,13H,6-9,11H2,(H,19,20,21). The van der Waals surface area contributed by atoms with E-state index in [1.807, 2.05) is 30.3 Å². The van der Waals surface area contributed by atoms with Gasteiger partial charge in [0.05, 0.1) is 5.69 Å². The fraction of sp³-hybridized carbons (Fsp3) is 0.353. The van der Waals surface area contributed by atoms with Crippen LogP contribution in [0.1, 0.15) is 18.5 Å². The lowest BCUT2D eigenvalue weighted by Gasteiger charge is -2.28. The molecule has 6 nitrogen and oxygen atoms in total. The predicted molar refractivity (Wildman–Crippen MR) is 93.2 cm³/mol. The molecule has 0 radical (unpaired) electrons. The van der Waals surface area contributed by atoms with Gasteiger partial charge in [-0.2, -0.15) is 9.50 Å². The molecule has 7 heteroatoms. The number of rotatable bonds is 3. The molecule has 0 spiro atoms. The third-order valence-corrected chi connectivity index (χ3v) is 4.77. The molecule has 1 fully saturated rings. The minimum atomic E-state index is -0.142. The Balaban J connectivity index is 1.63. The highest BCUT2D eigenvalue weighted by molar-refractivity contribution is 6.20. The summed E-state index contributed by atoms with van der Waals surface area (Å²) in [5.74, 6) is 1.05. The van der Waals surface area contributed by atoms with Gasteiger partial charge in [0.1, 0.15) is 0 Å². The average molecular weight is 344 g/mol. The number of piperidine rings is 1. The third kappa shape index (κ3) is 3.07. The summed E-state index contributed by atoms with van der Waals surface area (Å²) in [6.07, 6.45) is 1.95. The van der Waals surface area contributed by atoms with Crippen LogP contribution in [-0.2, 0) is 6.54 Å². The monoisotopic (exact) mass is 343 g/mol. The molecule has 0 amide bonds. The topological polar surface area (TPSA) is 66.3 Å². The highest BCUT2D eigenvalue weighted by Crippen LogP contribution is 2.17. The number of aromatic amines is 1. The van der Waals surface area contributed by atoms with Crippen molar-refractivity contribution in [1.82, 2.24) is 24.5 Å². The molecule has 124 valence electrons. The lowest BCUT2D eigenvalue weighted by atomic mass is 10.1. The molecule has 2 aromatic heterocycles. The second-order valence-electron chi connectivity index (χ2n) is 6.11. The summed E-state index contributed by atoms with van der Waals surface area (Å²) in [5, 5.41) is 3.28. The van der Waals surface area contributed by atoms with E-state index in [-0.39, 0.29) is 10.9 Å². The molecular weight excluding hydrogens is 326 g/mol. The third-order valence-electron chi connectivity index (χ3n) is 4.33. The number of H-pyrrole nitrogens is 1. The van der Waals surface area contributed by atoms with Crippen molar-refractivity contribution in [1.29, 1.82) is 0 Å². The van der Waals surface area contributed by atoms with Crippen LogP contribution in [-0.4, -0.2) is 42.9 Å². The van der Waals surface area contributed by atoms with E-state index >= 15 is 0 Å². The van der Waals surface area contributed by atoms with Crippen molar-refractivity contribution in [2.45, 2.75) is 24.8 Å². The summed E-state index contributed by atoms with van der Waals surface area (Å²) in [7, 11) is 0. The van der Waals surface area contributed by atoms with Gasteiger partial charge in [0.2, 0.25) is 0 Å². The highest BCUT2D eigenvalue weighted by Gasteiger charge is 2.18. The van der Waals surface area contributed by atoms with Crippen LogP contribution >= 0.6 is 11.6 Å². The fourth-order valence-corrected chi connectivity index (χ4v) is 3.22. The van der Waals surface area contributed by atoms with Crippen molar-refractivity contribution < 1.29 is 0 Å². The van der Waals surface area contributed by atoms with Crippen LogP contribution in [0.3, 0.4) is 0 Å². The number of likely N-dealkylation sites (tertiary alicyclic amines) is 1. The first kappa shape index (κ1) is 15.4. The number of hydrogen-bond donors (Lipinski definition) is 1. The van der Waals surface area contributed by atoms with Crippen molar-refractivity contribution in [3.63, 3.8) is 0 Å². The van der Waals surface area contributed by atoms with Gasteiger partial charge in [-0.15, -0.1) is 11.6 Å². The van der Waals surface area contributed by atoms with E-state index in [2.05, 4.69) is 20.0 Å². The molecule has 24 heavy (non-hydrogen) atoms. The fourth-order valence-electron chi connectivity index (χ4n) is 3.02. The summed E-state index contributed by atoms with van der Waals surface area (Å²) in [6, 6.07) is 11.3. The number of nitrogens with zero attached hydrogens (tertiary/aromatic N) is 4. The Morgan fingerprint density at radius 1 is 1.17 bits per heavy atom. The van der Waals surface area contributed by atoms with Gasteiger partial charge in [-0.05, 0) is 25.9 Å². The van der Waals surface area contributed by atoms with Crippen LogP contribution < -0.4 is 5.56 Å². The van der Waals surface area contributed by atoms with Gasteiger partial charge < -0.3 is 0 Å². The number of hydrogen-bond acceptors (Lipinski definition) is 4. The Morgan fingerprint density at radius 3 is 2.67 bits per heavy atom. The van der Waals surface area contributed by atoms with Crippen LogP contribution in [0.5, 0.6) is 0 Å². The van der Waals surface area contributed by atoms with Gasteiger partial charge in [0.25, 0.3) is 11.3 Å². The lowest BCUT2D eigenvalue weighted by molar-refractivity contribution is 0.221. The summed E-state index contributed by atoms with van der Waals surface area (Å²) >= 11 is 6.14. The van der Waals surface area contributed by atoms with Gasteiger partial charge in [-0.1, -0.05) is 30.3 Å². The van der Waals surface area contributed by atoms with E-state index in [1.54, 1.807) is 6.07 Å². The zero-order valence-corrected chi connectivity index (χ0v) is 13.9. The minimum Gasteiger partial charge on any atom is -0.297 e. The SMILES string of the molecule is O=c1cc(CN2CCC(Cl)CC2)nc2nc(-c3ccccc3)[nH]n12. The van der Waals surface area contributed by atoms with Crippen LogP contribution in [0, 0.1) is 0 Å². The van der Waals surface area contributed by atoms with Gasteiger partial charge in [0, 0.05) is 23.6 Å². The Morgan fingerprint density at radius 2 is 1.92 bits per heavy atom. The number of fused-ring (bicyclic) bond motifs is 1. The van der Waals surface area contributed by atoms with Crippen molar-refractivity contribution in [2.75, 3.05) is 13.1 Å². The van der Waals surface area contributed by atoms with Gasteiger partial charge >= 0.3 is 0 Å². The van der Waals surface area contributed by atoms with E-state index in [1.165, 1.54) is 4.52 Å². The molecule has 1 saturated heterocycles. The number of aromatic nitrogens is 4. The smallest absolute Gasteiger partial charge is 0.274 e. The Kier molecular flexibility index (Phi) is 4.08. The Labute approximate surface area is 144 Å². The molecule has 1 aliphatic rings. The van der Waals surface area contributed by atoms with Crippen LogP contribution in [0.15, 0.2) is 41.2 Å². The predicted octanol–water partition coefficient (Wildman–Crippen LogP) is 2.29. The second kappa shape index (κ2) is 6.37. The van der Waals surface area contributed by atoms with Crippen LogP contribution in [0.25, 0.3) is 17.2 Å². The molecule has 0 atom stereocenters. The van der Waals surface area contributed by atoms with Crippen LogP contribution in [0.2, 0.25) is 0 Å². The average Bonchev–Trinajstić information content (AvgIpc) is 3.03. The summed E-state index contributed by atoms with van der Waals surface area (Å²) in [5.41, 5.74) is 1.53. The quantitative estimate of drug-likeness (QED) is 0.741. The summed E-state index contributed by atoms with van der Waals surface area (Å²) < 4.78 is 1.39. The first-order chi connectivity index (χ1) is 11.7. The minimum absolute atomic E-state index is 0.142. The van der Waals surface area contributed by atoms with Crippen molar-refractivity contribution in [2.24, 2.45) is 0 Å². The zero-order valence-electron chi connectivity index (χ0n) is 13.2. The van der Waals surface area contributed by atoms with Crippen LogP contribution in [0.4, 0.5) is 0 Å². The molecule has 4 rings (SSSR count). The normalized spacial score (nSPS) is 16.7. The second-order valence-corrected chi connectivity index (χ2v) is 6.73. The molecule has 3 aromatic rings. The molecule has 0 aliphatic carbocycles. The summed E-state index contributed by atoms with van der Waals surface area (Å²) in [4.78, 5) is 23.6. The van der Waals surface area contributed by atoms with E-state index in [9.17, 15) is 4.79 Å². The molecule has 0 saturated carbocycles. The molecule has 0 unspecified atom stereocenters. The van der Waals surface area contributed by atoms with Crippen molar-refractivity contribution in [3.05, 3.63) is 52.4 Å². The Bertz CT molecular complexity index is 896. The largest absolute Gasteiger partial charge is 0.297 e. The molecule has 1 N–H and O–H groups in total.